The molecular formula is C14H27N3. The predicted octanol–water partition coefficient (Wildman–Crippen LogP) is 3.55. The maximum Gasteiger partial charge on any atom is 0.133 e. The molecule has 0 bridgehead atoms. The van der Waals surface area contributed by atoms with Gasteiger partial charge in [0.15, 0.2) is 0 Å². The Morgan fingerprint density at radius 3 is 2.41 bits per heavy atom. The van der Waals surface area contributed by atoms with Crippen LogP contribution in [0.15, 0.2) is 6.33 Å². The van der Waals surface area contributed by atoms with E-state index in [9.17, 15) is 0 Å². The molecule has 0 aliphatic carbocycles. The first-order valence-corrected chi connectivity index (χ1v) is 6.64. The second-order valence-electron chi connectivity index (χ2n) is 6.87. The molecule has 1 aromatic heterocycles. The highest BCUT2D eigenvalue weighted by atomic mass is 15.3. The Bertz CT molecular complexity index is 333. The van der Waals surface area contributed by atoms with Gasteiger partial charge < -0.3 is 4.57 Å². The molecule has 1 heterocycles. The van der Waals surface area contributed by atoms with E-state index in [1.165, 1.54) is 6.42 Å². The predicted molar refractivity (Wildman–Crippen MR) is 71.8 cm³/mol. The Labute approximate surface area is 106 Å². The summed E-state index contributed by atoms with van der Waals surface area (Å²) in [6.07, 6.45) is 4.12. The highest BCUT2D eigenvalue weighted by Gasteiger charge is 2.17. The summed E-state index contributed by atoms with van der Waals surface area (Å²) in [5.41, 5.74) is 0.391. The fraction of sp³-hybridized carbons (Fsp3) is 0.857. The fourth-order valence-electron chi connectivity index (χ4n) is 2.41. The summed E-state index contributed by atoms with van der Waals surface area (Å²) in [6, 6.07) is 0. The first-order valence-electron chi connectivity index (χ1n) is 6.64. The van der Waals surface area contributed by atoms with Crippen molar-refractivity contribution in [1.29, 1.82) is 0 Å². The fourth-order valence-corrected chi connectivity index (χ4v) is 2.41. The average Bonchev–Trinajstić information content (AvgIpc) is 2.47. The van der Waals surface area contributed by atoms with E-state index in [1.807, 2.05) is 6.33 Å². The van der Waals surface area contributed by atoms with Crippen LogP contribution in [0, 0.1) is 17.3 Å². The van der Waals surface area contributed by atoms with Crippen molar-refractivity contribution in [2.75, 3.05) is 0 Å². The molecule has 3 heteroatoms. The molecule has 1 unspecified atom stereocenters. The van der Waals surface area contributed by atoms with Crippen LogP contribution in [0.5, 0.6) is 0 Å². The summed E-state index contributed by atoms with van der Waals surface area (Å²) >= 11 is 0. The SMILES string of the molecule is CC(C)Cn1cnnc1CC(C)CC(C)(C)C. The molecule has 0 radical (unpaired) electrons. The van der Waals surface area contributed by atoms with E-state index in [-0.39, 0.29) is 0 Å². The minimum Gasteiger partial charge on any atom is -0.317 e. The molecule has 0 amide bonds. The van der Waals surface area contributed by atoms with Gasteiger partial charge in [-0.1, -0.05) is 41.5 Å². The summed E-state index contributed by atoms with van der Waals surface area (Å²) in [6.45, 7) is 14.7. The van der Waals surface area contributed by atoms with Gasteiger partial charge in [0.25, 0.3) is 0 Å². The van der Waals surface area contributed by atoms with Crippen LogP contribution in [0.3, 0.4) is 0 Å². The van der Waals surface area contributed by atoms with Gasteiger partial charge in [-0.2, -0.15) is 0 Å². The van der Waals surface area contributed by atoms with Gasteiger partial charge in [-0.3, -0.25) is 0 Å². The molecule has 17 heavy (non-hydrogen) atoms. The van der Waals surface area contributed by atoms with Crippen LogP contribution in [-0.4, -0.2) is 14.8 Å². The molecule has 0 N–H and O–H groups in total. The van der Waals surface area contributed by atoms with E-state index >= 15 is 0 Å². The lowest BCUT2D eigenvalue weighted by molar-refractivity contribution is 0.301. The molecule has 1 rings (SSSR count). The van der Waals surface area contributed by atoms with E-state index in [2.05, 4.69) is 56.3 Å². The molecule has 0 aliphatic rings. The molecule has 98 valence electrons. The first-order chi connectivity index (χ1) is 7.78. The van der Waals surface area contributed by atoms with Gasteiger partial charge in [0, 0.05) is 13.0 Å². The van der Waals surface area contributed by atoms with Crippen molar-refractivity contribution < 1.29 is 0 Å². The first kappa shape index (κ1) is 14.2. The normalized spacial score (nSPS) is 14.3. The molecule has 1 atom stereocenters. The van der Waals surface area contributed by atoms with Crippen molar-refractivity contribution in [3.63, 3.8) is 0 Å². The van der Waals surface area contributed by atoms with Crippen molar-refractivity contribution in [2.24, 2.45) is 17.3 Å². The Kier molecular flexibility index (Phi) is 4.72. The van der Waals surface area contributed by atoms with Gasteiger partial charge in [-0.05, 0) is 23.7 Å². The number of rotatable bonds is 5. The van der Waals surface area contributed by atoms with Gasteiger partial charge in [-0.25, -0.2) is 0 Å². The van der Waals surface area contributed by atoms with E-state index in [0.717, 1.165) is 18.8 Å². The molecule has 0 fully saturated rings. The van der Waals surface area contributed by atoms with E-state index in [0.29, 0.717) is 17.3 Å². The van der Waals surface area contributed by atoms with Gasteiger partial charge in [0.05, 0.1) is 0 Å². The van der Waals surface area contributed by atoms with Crippen molar-refractivity contribution in [1.82, 2.24) is 14.8 Å². The zero-order chi connectivity index (χ0) is 13.1. The van der Waals surface area contributed by atoms with Gasteiger partial charge in [0.1, 0.15) is 12.2 Å². The maximum atomic E-state index is 4.25. The highest BCUT2D eigenvalue weighted by Crippen LogP contribution is 2.25. The second-order valence-corrected chi connectivity index (χ2v) is 6.87. The lowest BCUT2D eigenvalue weighted by atomic mass is 9.84. The Morgan fingerprint density at radius 1 is 1.24 bits per heavy atom. The van der Waals surface area contributed by atoms with E-state index in [1.54, 1.807) is 0 Å². The van der Waals surface area contributed by atoms with Crippen LogP contribution in [-0.2, 0) is 13.0 Å². The number of hydrogen-bond donors (Lipinski definition) is 0. The van der Waals surface area contributed by atoms with Gasteiger partial charge in [-0.15, -0.1) is 10.2 Å². The molecule has 0 saturated carbocycles. The van der Waals surface area contributed by atoms with E-state index in [4.69, 9.17) is 0 Å². The number of aromatic nitrogens is 3. The van der Waals surface area contributed by atoms with Gasteiger partial charge in [0.2, 0.25) is 0 Å². The Hall–Kier alpha value is -0.860. The molecular weight excluding hydrogens is 210 g/mol. The summed E-state index contributed by atoms with van der Waals surface area (Å²) in [5.74, 6) is 2.43. The van der Waals surface area contributed by atoms with Crippen LogP contribution in [0.1, 0.15) is 53.8 Å². The molecule has 0 saturated heterocycles. The topological polar surface area (TPSA) is 30.7 Å². The van der Waals surface area contributed by atoms with Crippen LogP contribution < -0.4 is 0 Å². The minimum absolute atomic E-state index is 0.391. The van der Waals surface area contributed by atoms with E-state index < -0.39 is 0 Å². The minimum atomic E-state index is 0.391. The monoisotopic (exact) mass is 237 g/mol. The molecule has 0 aromatic carbocycles. The third kappa shape index (κ3) is 5.33. The summed E-state index contributed by atoms with van der Waals surface area (Å²) in [5, 5.41) is 8.29. The highest BCUT2D eigenvalue weighted by molar-refractivity contribution is 4.88. The zero-order valence-electron chi connectivity index (χ0n) is 12.2. The maximum absolute atomic E-state index is 4.25. The molecule has 0 spiro atoms. The summed E-state index contributed by atoms with van der Waals surface area (Å²) in [7, 11) is 0. The Morgan fingerprint density at radius 2 is 1.88 bits per heavy atom. The summed E-state index contributed by atoms with van der Waals surface area (Å²) in [4.78, 5) is 0. The van der Waals surface area contributed by atoms with Crippen molar-refractivity contribution >= 4 is 0 Å². The number of nitrogens with zero attached hydrogens (tertiary/aromatic N) is 3. The zero-order valence-corrected chi connectivity index (χ0v) is 12.2. The quantitative estimate of drug-likeness (QED) is 0.784. The number of hydrogen-bond acceptors (Lipinski definition) is 2. The standard InChI is InChI=1S/C14H27N3/c1-11(2)9-17-10-15-16-13(17)7-12(3)8-14(4,5)6/h10-12H,7-9H2,1-6H3. The van der Waals surface area contributed by atoms with Gasteiger partial charge >= 0.3 is 0 Å². The van der Waals surface area contributed by atoms with Crippen LogP contribution >= 0.6 is 0 Å². The van der Waals surface area contributed by atoms with Crippen molar-refractivity contribution in [3.8, 4) is 0 Å². The smallest absolute Gasteiger partial charge is 0.133 e. The van der Waals surface area contributed by atoms with Crippen LogP contribution in [0.4, 0.5) is 0 Å². The van der Waals surface area contributed by atoms with Crippen LogP contribution in [0.25, 0.3) is 0 Å². The van der Waals surface area contributed by atoms with Crippen molar-refractivity contribution in [3.05, 3.63) is 12.2 Å². The second kappa shape index (κ2) is 5.65. The van der Waals surface area contributed by atoms with Crippen LogP contribution in [0.2, 0.25) is 0 Å². The lowest BCUT2D eigenvalue weighted by Gasteiger charge is -2.23. The molecule has 1 aromatic rings. The Balaban J connectivity index is 2.59. The average molecular weight is 237 g/mol. The third-order valence-electron chi connectivity index (χ3n) is 2.75. The lowest BCUT2D eigenvalue weighted by Crippen LogP contribution is -2.16. The largest absolute Gasteiger partial charge is 0.317 e. The molecule has 3 nitrogen and oxygen atoms in total. The third-order valence-corrected chi connectivity index (χ3v) is 2.75. The van der Waals surface area contributed by atoms with Crippen molar-refractivity contribution in [2.45, 2.75) is 60.9 Å². The summed E-state index contributed by atoms with van der Waals surface area (Å²) < 4.78 is 2.20. The molecule has 0 aliphatic heterocycles.